The lowest BCUT2D eigenvalue weighted by atomic mass is 9.63. The molecule has 4 atom stereocenters. The van der Waals surface area contributed by atoms with Gasteiger partial charge in [0.25, 0.3) is 0 Å². The molecule has 0 radical (unpaired) electrons. The molecular formula is C35H64O5Si2. The van der Waals surface area contributed by atoms with E-state index in [2.05, 4.69) is 99.0 Å². The van der Waals surface area contributed by atoms with E-state index in [0.717, 1.165) is 25.7 Å². The van der Waals surface area contributed by atoms with Crippen LogP contribution in [-0.4, -0.2) is 47.7 Å². The van der Waals surface area contributed by atoms with Gasteiger partial charge in [0.2, 0.25) is 0 Å². The molecule has 0 bridgehead atoms. The average molecular weight is 621 g/mol. The zero-order chi connectivity index (χ0) is 32.0. The Morgan fingerprint density at radius 2 is 1.62 bits per heavy atom. The van der Waals surface area contributed by atoms with Crippen molar-refractivity contribution in [2.24, 2.45) is 17.3 Å². The van der Waals surface area contributed by atoms with E-state index in [1.807, 2.05) is 0 Å². The first-order chi connectivity index (χ1) is 19.3. The monoisotopic (exact) mass is 620 g/mol. The van der Waals surface area contributed by atoms with Crippen molar-refractivity contribution in [2.75, 3.05) is 7.11 Å². The summed E-state index contributed by atoms with van der Waals surface area (Å²) >= 11 is 0. The first-order valence-electron chi connectivity index (χ1n) is 16.6. The van der Waals surface area contributed by atoms with Crippen LogP contribution in [0.15, 0.2) is 24.3 Å². The predicted molar refractivity (Wildman–Crippen MR) is 181 cm³/mol. The quantitative estimate of drug-likeness (QED) is 0.0789. The average Bonchev–Trinajstić information content (AvgIpc) is 3.12. The predicted octanol–water partition coefficient (Wildman–Crippen LogP) is 9.79. The van der Waals surface area contributed by atoms with E-state index in [-0.39, 0.29) is 45.5 Å². The van der Waals surface area contributed by atoms with Crippen LogP contribution in [-0.2, 0) is 23.2 Å². The molecule has 0 aromatic rings. The summed E-state index contributed by atoms with van der Waals surface area (Å²) in [4.78, 5) is 24.8. The molecule has 242 valence electrons. The summed E-state index contributed by atoms with van der Waals surface area (Å²) in [6, 6.07) is 0. The van der Waals surface area contributed by atoms with E-state index in [1.54, 1.807) is 0 Å². The third-order valence-electron chi connectivity index (χ3n) is 11.2. The molecule has 0 aromatic carbocycles. The normalized spacial score (nSPS) is 24.4. The maximum atomic E-state index is 13.4. The molecule has 0 heterocycles. The van der Waals surface area contributed by atoms with Gasteiger partial charge in [0, 0.05) is 24.7 Å². The number of carbonyl (C=O) groups excluding carboxylic acids is 2. The number of Topliss-reactive ketones (excluding diaryl/α,β-unsaturated/α-hetero) is 1. The fraction of sp³-hybridized carbons (Fsp3) is 0.829. The van der Waals surface area contributed by atoms with Gasteiger partial charge in [-0.2, -0.15) is 0 Å². The van der Waals surface area contributed by atoms with E-state index in [9.17, 15) is 9.59 Å². The Hall–Kier alpha value is -1.03. The number of esters is 1. The number of hydrogen-bond donors (Lipinski definition) is 0. The van der Waals surface area contributed by atoms with Gasteiger partial charge in [0.15, 0.2) is 16.6 Å². The maximum Gasteiger partial charge on any atom is 0.305 e. The van der Waals surface area contributed by atoms with Crippen molar-refractivity contribution in [3.05, 3.63) is 24.3 Å². The van der Waals surface area contributed by atoms with Crippen molar-refractivity contribution < 1.29 is 23.2 Å². The fourth-order valence-corrected chi connectivity index (χ4v) is 8.62. The molecule has 2 fully saturated rings. The second-order valence-electron chi connectivity index (χ2n) is 16.0. The third-order valence-corrected chi connectivity index (χ3v) is 20.2. The third kappa shape index (κ3) is 9.49. The van der Waals surface area contributed by atoms with Crippen LogP contribution in [0.1, 0.15) is 113 Å². The van der Waals surface area contributed by atoms with Crippen LogP contribution < -0.4 is 0 Å². The molecule has 7 heteroatoms. The highest BCUT2D eigenvalue weighted by Gasteiger charge is 2.49. The fourth-order valence-electron chi connectivity index (χ4n) is 5.86. The highest BCUT2D eigenvalue weighted by Crippen LogP contribution is 2.51. The van der Waals surface area contributed by atoms with Crippen molar-refractivity contribution in [2.45, 2.75) is 161 Å². The molecule has 2 aliphatic rings. The Labute approximate surface area is 260 Å². The first-order valence-corrected chi connectivity index (χ1v) is 22.4. The Kier molecular flexibility index (Phi) is 13.1. The zero-order valence-corrected chi connectivity index (χ0v) is 31.2. The summed E-state index contributed by atoms with van der Waals surface area (Å²) in [5, 5.41) is 0.254. The van der Waals surface area contributed by atoms with E-state index < -0.39 is 16.6 Å². The minimum Gasteiger partial charge on any atom is -0.469 e. The molecule has 0 amide bonds. The summed E-state index contributed by atoms with van der Waals surface area (Å²) in [6.07, 6.45) is 18.1. The Bertz CT molecular complexity index is 944. The molecule has 42 heavy (non-hydrogen) atoms. The highest BCUT2D eigenvalue weighted by atomic mass is 28.4. The molecule has 1 unspecified atom stereocenters. The number of ether oxygens (including phenoxy) is 1. The molecule has 0 N–H and O–H groups in total. The van der Waals surface area contributed by atoms with Crippen LogP contribution >= 0.6 is 0 Å². The van der Waals surface area contributed by atoms with Crippen molar-refractivity contribution in [3.8, 4) is 0 Å². The number of rotatable bonds is 15. The molecule has 0 aromatic heterocycles. The summed E-state index contributed by atoms with van der Waals surface area (Å²) in [5.74, 6) is 0.133. The van der Waals surface area contributed by atoms with Gasteiger partial charge < -0.3 is 13.6 Å². The smallest absolute Gasteiger partial charge is 0.305 e. The van der Waals surface area contributed by atoms with Gasteiger partial charge in [0.05, 0.1) is 19.3 Å². The summed E-state index contributed by atoms with van der Waals surface area (Å²) in [6.45, 7) is 25.4. The Morgan fingerprint density at radius 3 is 2.12 bits per heavy atom. The number of ketones is 1. The van der Waals surface area contributed by atoms with Gasteiger partial charge in [-0.1, -0.05) is 79.2 Å². The van der Waals surface area contributed by atoms with Crippen LogP contribution in [0.3, 0.4) is 0 Å². The lowest BCUT2D eigenvalue weighted by Crippen LogP contribution is -2.51. The highest BCUT2D eigenvalue weighted by molar-refractivity contribution is 6.74. The molecule has 2 saturated carbocycles. The second-order valence-corrected chi connectivity index (χ2v) is 25.6. The number of allylic oxidation sites excluding steroid dienone is 2. The minimum absolute atomic E-state index is 0.0684. The van der Waals surface area contributed by atoms with Crippen LogP contribution in [0.4, 0.5) is 0 Å². The SMILES string of the molecule is CCC1(C(C/C=C/[C@H]2[C@H](O[Si](C)(C)C(C)(C)C)CC(=O)[C@@H]2C/C=C\CCCC(=O)OC)O[Si](C)(C)C(C)(C)C)CCC1. The lowest BCUT2D eigenvalue weighted by molar-refractivity contribution is -0.140. The van der Waals surface area contributed by atoms with Crippen molar-refractivity contribution in [1.82, 2.24) is 0 Å². The number of carbonyl (C=O) groups is 2. The number of hydrogen-bond acceptors (Lipinski definition) is 5. The summed E-state index contributed by atoms with van der Waals surface area (Å²) < 4.78 is 18.8. The van der Waals surface area contributed by atoms with Crippen molar-refractivity contribution in [1.29, 1.82) is 0 Å². The second kappa shape index (κ2) is 14.8. The van der Waals surface area contributed by atoms with Crippen LogP contribution in [0.5, 0.6) is 0 Å². The van der Waals surface area contributed by atoms with Gasteiger partial charge >= 0.3 is 5.97 Å². The van der Waals surface area contributed by atoms with E-state index in [0.29, 0.717) is 25.0 Å². The number of methoxy groups -OCH3 is 1. The van der Waals surface area contributed by atoms with Crippen molar-refractivity contribution >= 4 is 28.4 Å². The standard InChI is InChI=1S/C35H64O5Si2/c1-13-35(24-19-25-35)31(40-42(11,12)34(5,6)7)22-18-21-28-27(20-16-14-15-17-23-32(37)38-8)29(36)26-30(28)39-41(9,10)33(2,3)4/h14,16,18,21,27-28,30-31H,13,15,17,19-20,22-26H2,1-12H3/b16-14-,21-18+/t27-,28-,30-,31?/m1/s1. The van der Waals surface area contributed by atoms with Gasteiger partial charge in [-0.15, -0.1) is 0 Å². The first kappa shape index (κ1) is 37.2. The van der Waals surface area contributed by atoms with Gasteiger partial charge in [-0.05, 0) is 86.6 Å². The number of unbranched alkanes of at least 4 members (excludes halogenated alkanes) is 1. The van der Waals surface area contributed by atoms with E-state index >= 15 is 0 Å². The van der Waals surface area contributed by atoms with E-state index in [4.69, 9.17) is 13.6 Å². The van der Waals surface area contributed by atoms with E-state index in [1.165, 1.54) is 26.4 Å². The van der Waals surface area contributed by atoms with Crippen LogP contribution in [0.25, 0.3) is 0 Å². The lowest BCUT2D eigenvalue weighted by Gasteiger charge is -2.51. The molecular weight excluding hydrogens is 557 g/mol. The molecule has 5 nitrogen and oxygen atoms in total. The minimum atomic E-state index is -2.05. The molecule has 0 spiro atoms. The van der Waals surface area contributed by atoms with Gasteiger partial charge in [-0.25, -0.2) is 0 Å². The zero-order valence-electron chi connectivity index (χ0n) is 29.2. The largest absolute Gasteiger partial charge is 0.469 e. The van der Waals surface area contributed by atoms with Gasteiger partial charge in [0.1, 0.15) is 5.78 Å². The molecule has 0 aliphatic heterocycles. The summed E-state index contributed by atoms with van der Waals surface area (Å²) in [7, 11) is -2.55. The Morgan fingerprint density at radius 1 is 1.00 bits per heavy atom. The van der Waals surface area contributed by atoms with Gasteiger partial charge in [-0.3, -0.25) is 9.59 Å². The Balaban J connectivity index is 2.27. The van der Waals surface area contributed by atoms with Crippen molar-refractivity contribution in [3.63, 3.8) is 0 Å². The van der Waals surface area contributed by atoms with Crippen LogP contribution in [0, 0.1) is 17.3 Å². The topological polar surface area (TPSA) is 61.8 Å². The molecule has 2 rings (SSSR count). The summed E-state index contributed by atoms with van der Waals surface area (Å²) in [5.41, 5.74) is 0.273. The maximum absolute atomic E-state index is 13.4. The van der Waals surface area contributed by atoms with Crippen LogP contribution in [0.2, 0.25) is 36.3 Å². The molecule has 0 saturated heterocycles. The molecule has 2 aliphatic carbocycles.